The van der Waals surface area contributed by atoms with Crippen LogP contribution in [0.4, 0.5) is 0 Å². The topological polar surface area (TPSA) is 61.9 Å². The minimum absolute atomic E-state index is 0.0282. The second-order valence-electron chi connectivity index (χ2n) is 4.22. The van der Waals surface area contributed by atoms with E-state index >= 15 is 0 Å². The summed E-state index contributed by atoms with van der Waals surface area (Å²) in [7, 11) is 0. The number of amidine groups is 1. The average molecular weight is 185 g/mol. The Kier molecular flexibility index (Phi) is 5.71. The normalized spacial score (nSPS) is 11.6. The summed E-state index contributed by atoms with van der Waals surface area (Å²) in [6, 6.07) is 0. The fourth-order valence-electron chi connectivity index (χ4n) is 1.34. The van der Waals surface area contributed by atoms with Gasteiger partial charge in [0.1, 0.15) is 0 Å². The van der Waals surface area contributed by atoms with E-state index in [0.29, 0.717) is 6.42 Å². The van der Waals surface area contributed by atoms with E-state index in [1.54, 1.807) is 0 Å². The lowest BCUT2D eigenvalue weighted by molar-refractivity contribution is 0.394. The average Bonchev–Trinajstić information content (AvgIpc) is 1.95. The van der Waals surface area contributed by atoms with E-state index in [0.717, 1.165) is 6.54 Å². The zero-order valence-corrected chi connectivity index (χ0v) is 9.11. The summed E-state index contributed by atoms with van der Waals surface area (Å²) in [5, 5.41) is 10.6. The molecule has 0 saturated heterocycles. The van der Waals surface area contributed by atoms with Gasteiger partial charge in [0, 0.05) is 12.0 Å². The predicted octanol–water partition coefficient (Wildman–Crippen LogP) is 1.87. The van der Waals surface area contributed by atoms with Gasteiger partial charge in [-0.25, -0.2) is 0 Å². The molecule has 0 radical (unpaired) electrons. The molecule has 0 saturated carbocycles. The molecule has 0 aromatic carbocycles. The number of unbranched alkanes of at least 4 members (excludes halogenated alkanes) is 2. The Bertz CT molecular complexity index is 152. The first-order valence-corrected chi connectivity index (χ1v) is 5.06. The van der Waals surface area contributed by atoms with Gasteiger partial charge in [-0.15, -0.1) is 0 Å². The standard InChI is InChI=1S/C10H23N3/c1-4-5-6-7-13-10(2,3)8-9(11)12/h13H,4-8H2,1-3H3,(H3,11,12). The predicted molar refractivity (Wildman–Crippen MR) is 58.1 cm³/mol. The second-order valence-corrected chi connectivity index (χ2v) is 4.22. The Morgan fingerprint density at radius 1 is 1.38 bits per heavy atom. The zero-order chi connectivity index (χ0) is 10.3. The largest absolute Gasteiger partial charge is 0.388 e. The van der Waals surface area contributed by atoms with Gasteiger partial charge < -0.3 is 11.1 Å². The maximum atomic E-state index is 7.20. The fourth-order valence-corrected chi connectivity index (χ4v) is 1.34. The maximum Gasteiger partial charge on any atom is 0.0923 e. The number of nitrogens with two attached hydrogens (primary N) is 1. The lowest BCUT2D eigenvalue weighted by atomic mass is 10.00. The van der Waals surface area contributed by atoms with Gasteiger partial charge in [0.2, 0.25) is 0 Å². The van der Waals surface area contributed by atoms with Crippen LogP contribution in [0.25, 0.3) is 0 Å². The molecule has 0 heterocycles. The molecule has 0 aliphatic rings. The number of rotatable bonds is 7. The number of nitrogens with one attached hydrogen (secondary N) is 2. The van der Waals surface area contributed by atoms with Crippen molar-refractivity contribution < 1.29 is 0 Å². The quantitative estimate of drug-likeness (QED) is 0.322. The molecule has 3 heteroatoms. The molecule has 0 fully saturated rings. The molecule has 0 amide bonds. The van der Waals surface area contributed by atoms with Gasteiger partial charge in [0.15, 0.2) is 0 Å². The first-order valence-electron chi connectivity index (χ1n) is 5.06. The summed E-state index contributed by atoms with van der Waals surface area (Å²) >= 11 is 0. The molecule has 0 bridgehead atoms. The summed E-state index contributed by atoms with van der Waals surface area (Å²) in [6.45, 7) is 7.38. The Morgan fingerprint density at radius 3 is 2.46 bits per heavy atom. The summed E-state index contributed by atoms with van der Waals surface area (Å²) in [4.78, 5) is 0. The van der Waals surface area contributed by atoms with E-state index in [2.05, 4.69) is 26.1 Å². The highest BCUT2D eigenvalue weighted by Gasteiger charge is 2.17. The van der Waals surface area contributed by atoms with Gasteiger partial charge in [-0.2, -0.15) is 0 Å². The maximum absolute atomic E-state index is 7.20. The summed E-state index contributed by atoms with van der Waals surface area (Å²) in [5.41, 5.74) is 5.32. The van der Waals surface area contributed by atoms with Gasteiger partial charge in [0.25, 0.3) is 0 Å². The van der Waals surface area contributed by atoms with E-state index in [1.165, 1.54) is 19.3 Å². The van der Waals surface area contributed by atoms with Gasteiger partial charge >= 0.3 is 0 Å². The van der Waals surface area contributed by atoms with Crippen molar-refractivity contribution in [3.8, 4) is 0 Å². The Labute approximate surface area is 81.6 Å². The van der Waals surface area contributed by atoms with Crippen LogP contribution in [-0.2, 0) is 0 Å². The van der Waals surface area contributed by atoms with Crippen LogP contribution in [0.15, 0.2) is 0 Å². The Balaban J connectivity index is 3.56. The van der Waals surface area contributed by atoms with E-state index in [4.69, 9.17) is 11.1 Å². The summed E-state index contributed by atoms with van der Waals surface area (Å²) in [5.74, 6) is 0.257. The second kappa shape index (κ2) is 5.97. The number of hydrogen-bond donors (Lipinski definition) is 3. The molecule has 0 atom stereocenters. The number of hydrogen-bond acceptors (Lipinski definition) is 2. The molecule has 4 N–H and O–H groups in total. The molecule has 0 unspecified atom stereocenters. The van der Waals surface area contributed by atoms with Gasteiger partial charge in [-0.05, 0) is 26.8 Å². The van der Waals surface area contributed by atoms with E-state index < -0.39 is 0 Å². The third kappa shape index (κ3) is 7.78. The molecule has 0 aliphatic carbocycles. The molecule has 0 aromatic rings. The summed E-state index contributed by atoms with van der Waals surface area (Å²) in [6.07, 6.45) is 4.34. The summed E-state index contributed by atoms with van der Waals surface area (Å²) < 4.78 is 0. The van der Waals surface area contributed by atoms with E-state index in [9.17, 15) is 0 Å². The molecule has 0 aromatic heterocycles. The van der Waals surface area contributed by atoms with Crippen LogP contribution in [0.1, 0.15) is 46.5 Å². The monoisotopic (exact) mass is 185 g/mol. The van der Waals surface area contributed by atoms with Crippen molar-refractivity contribution >= 4 is 5.84 Å². The minimum Gasteiger partial charge on any atom is -0.388 e. The lowest BCUT2D eigenvalue weighted by Crippen LogP contribution is -2.42. The molecular formula is C10H23N3. The van der Waals surface area contributed by atoms with Crippen LogP contribution in [-0.4, -0.2) is 17.9 Å². The van der Waals surface area contributed by atoms with Crippen molar-refractivity contribution in [3.63, 3.8) is 0 Å². The van der Waals surface area contributed by atoms with Crippen molar-refractivity contribution in [2.24, 2.45) is 5.73 Å². The van der Waals surface area contributed by atoms with Crippen LogP contribution >= 0.6 is 0 Å². The van der Waals surface area contributed by atoms with Crippen molar-refractivity contribution in [2.45, 2.75) is 52.0 Å². The fraction of sp³-hybridized carbons (Fsp3) is 0.900. The zero-order valence-electron chi connectivity index (χ0n) is 9.11. The molecule has 0 rings (SSSR count). The van der Waals surface area contributed by atoms with Gasteiger partial charge in [-0.1, -0.05) is 19.8 Å². The van der Waals surface area contributed by atoms with Crippen LogP contribution in [0.2, 0.25) is 0 Å². The van der Waals surface area contributed by atoms with Crippen LogP contribution < -0.4 is 11.1 Å². The Hall–Kier alpha value is -0.570. The Morgan fingerprint density at radius 2 is 2.00 bits per heavy atom. The lowest BCUT2D eigenvalue weighted by Gasteiger charge is -2.25. The smallest absolute Gasteiger partial charge is 0.0923 e. The highest BCUT2D eigenvalue weighted by atomic mass is 15.0. The van der Waals surface area contributed by atoms with E-state index in [1.807, 2.05) is 0 Å². The third-order valence-corrected chi connectivity index (χ3v) is 2.02. The van der Waals surface area contributed by atoms with Gasteiger partial charge in [-0.3, -0.25) is 5.41 Å². The molecule has 0 aliphatic heterocycles. The van der Waals surface area contributed by atoms with Crippen molar-refractivity contribution in [1.82, 2.24) is 5.32 Å². The third-order valence-electron chi connectivity index (χ3n) is 2.02. The van der Waals surface area contributed by atoms with E-state index in [-0.39, 0.29) is 11.4 Å². The molecule has 13 heavy (non-hydrogen) atoms. The van der Waals surface area contributed by atoms with Crippen molar-refractivity contribution in [2.75, 3.05) is 6.54 Å². The minimum atomic E-state index is -0.0282. The van der Waals surface area contributed by atoms with Crippen molar-refractivity contribution in [3.05, 3.63) is 0 Å². The van der Waals surface area contributed by atoms with Gasteiger partial charge in [0.05, 0.1) is 5.84 Å². The van der Waals surface area contributed by atoms with Crippen LogP contribution in [0.5, 0.6) is 0 Å². The molecule has 0 spiro atoms. The highest BCUT2D eigenvalue weighted by molar-refractivity contribution is 5.77. The van der Waals surface area contributed by atoms with Crippen LogP contribution in [0.3, 0.4) is 0 Å². The van der Waals surface area contributed by atoms with Crippen molar-refractivity contribution in [1.29, 1.82) is 5.41 Å². The van der Waals surface area contributed by atoms with Crippen LogP contribution in [0, 0.1) is 5.41 Å². The molecule has 78 valence electrons. The first-order chi connectivity index (χ1) is 5.98. The molecule has 3 nitrogen and oxygen atoms in total. The highest BCUT2D eigenvalue weighted by Crippen LogP contribution is 2.07. The SMILES string of the molecule is CCCCCNC(C)(C)CC(=N)N. The first kappa shape index (κ1) is 12.4. The molecular weight excluding hydrogens is 162 g/mol.